The van der Waals surface area contributed by atoms with Crippen LogP contribution in [-0.2, 0) is 0 Å². The summed E-state index contributed by atoms with van der Waals surface area (Å²) in [5, 5.41) is 14.1. The number of nitrogens with zero attached hydrogens (tertiary/aromatic N) is 3. The first-order valence-electron chi connectivity index (χ1n) is 6.78. The zero-order chi connectivity index (χ0) is 14.5. The molecule has 2 heterocycles. The Morgan fingerprint density at radius 3 is 2.90 bits per heavy atom. The molecule has 0 amide bonds. The van der Waals surface area contributed by atoms with Crippen molar-refractivity contribution in [2.75, 3.05) is 32.0 Å². The summed E-state index contributed by atoms with van der Waals surface area (Å²) in [6, 6.07) is 1.48. The number of rotatable bonds is 5. The van der Waals surface area contributed by atoms with Gasteiger partial charge in [0, 0.05) is 23.3 Å². The van der Waals surface area contributed by atoms with Crippen LogP contribution in [0, 0.1) is 16.0 Å². The zero-order valence-corrected chi connectivity index (χ0v) is 13.1. The number of nitro groups is 1. The van der Waals surface area contributed by atoms with E-state index < -0.39 is 4.92 Å². The lowest BCUT2D eigenvalue weighted by Gasteiger charge is -2.28. The van der Waals surface area contributed by atoms with Gasteiger partial charge in [0.1, 0.15) is 0 Å². The van der Waals surface area contributed by atoms with E-state index in [1.807, 2.05) is 0 Å². The van der Waals surface area contributed by atoms with E-state index in [9.17, 15) is 10.1 Å². The fourth-order valence-corrected chi connectivity index (χ4v) is 2.77. The summed E-state index contributed by atoms with van der Waals surface area (Å²) in [5.74, 6) is 1.05. The van der Waals surface area contributed by atoms with E-state index in [1.54, 1.807) is 6.20 Å². The van der Waals surface area contributed by atoms with Crippen LogP contribution in [0.25, 0.3) is 0 Å². The Morgan fingerprint density at radius 2 is 2.25 bits per heavy atom. The third-order valence-electron chi connectivity index (χ3n) is 3.71. The SMILES string of the molecule is CN1CCC(CCNc2ncc(Br)cc2[N+](=O)[O-])CC1. The predicted octanol–water partition coefficient (Wildman–Crippen LogP) is 2.90. The first-order chi connectivity index (χ1) is 9.56. The van der Waals surface area contributed by atoms with Gasteiger partial charge in [0.05, 0.1) is 4.92 Å². The maximum atomic E-state index is 11.0. The number of halogens is 1. The van der Waals surface area contributed by atoms with Crippen molar-refractivity contribution in [1.82, 2.24) is 9.88 Å². The molecule has 0 radical (unpaired) electrons. The molecule has 20 heavy (non-hydrogen) atoms. The van der Waals surface area contributed by atoms with Gasteiger partial charge in [-0.2, -0.15) is 0 Å². The standard InChI is InChI=1S/C13H19BrN4O2/c1-17-6-3-10(4-7-17)2-5-15-13-12(18(19)20)8-11(14)9-16-13/h8-10H,2-7H2,1H3,(H,15,16). The Bertz CT molecular complexity index is 475. The van der Waals surface area contributed by atoms with Crippen LogP contribution < -0.4 is 5.32 Å². The van der Waals surface area contributed by atoms with E-state index in [4.69, 9.17) is 0 Å². The molecule has 1 aliphatic heterocycles. The summed E-state index contributed by atoms with van der Waals surface area (Å²) in [6.07, 6.45) is 5.01. The minimum Gasteiger partial charge on any atom is -0.364 e. The van der Waals surface area contributed by atoms with E-state index in [-0.39, 0.29) is 5.69 Å². The van der Waals surface area contributed by atoms with Crippen molar-refractivity contribution < 1.29 is 4.92 Å². The molecule has 1 aliphatic rings. The molecule has 6 nitrogen and oxygen atoms in total. The molecule has 2 rings (SSSR count). The van der Waals surface area contributed by atoms with Crippen LogP contribution in [0.4, 0.5) is 11.5 Å². The highest BCUT2D eigenvalue weighted by molar-refractivity contribution is 9.10. The predicted molar refractivity (Wildman–Crippen MR) is 81.9 cm³/mol. The number of hydrogen-bond acceptors (Lipinski definition) is 5. The third kappa shape index (κ3) is 4.14. The molecule has 0 unspecified atom stereocenters. The molecule has 0 spiro atoms. The van der Waals surface area contributed by atoms with Gasteiger partial charge < -0.3 is 10.2 Å². The van der Waals surface area contributed by atoms with Gasteiger partial charge in [0.25, 0.3) is 0 Å². The van der Waals surface area contributed by atoms with Gasteiger partial charge in [-0.3, -0.25) is 10.1 Å². The Labute approximate surface area is 126 Å². The topological polar surface area (TPSA) is 71.3 Å². The highest BCUT2D eigenvalue weighted by atomic mass is 79.9. The second-order valence-electron chi connectivity index (χ2n) is 5.24. The molecule has 0 aromatic carbocycles. The maximum absolute atomic E-state index is 11.0. The highest BCUT2D eigenvalue weighted by Crippen LogP contribution is 2.26. The molecule has 0 bridgehead atoms. The van der Waals surface area contributed by atoms with Gasteiger partial charge in [-0.05, 0) is 61.2 Å². The Balaban J connectivity index is 1.86. The number of anilines is 1. The molecule has 0 atom stereocenters. The van der Waals surface area contributed by atoms with E-state index in [0.29, 0.717) is 16.2 Å². The van der Waals surface area contributed by atoms with Crippen molar-refractivity contribution in [3.8, 4) is 0 Å². The molecular formula is C13H19BrN4O2. The number of aromatic nitrogens is 1. The first kappa shape index (κ1) is 15.2. The number of nitrogens with one attached hydrogen (secondary N) is 1. The van der Waals surface area contributed by atoms with Gasteiger partial charge in [0.2, 0.25) is 5.82 Å². The summed E-state index contributed by atoms with van der Waals surface area (Å²) in [5.41, 5.74) is 0.0164. The van der Waals surface area contributed by atoms with Gasteiger partial charge in [-0.15, -0.1) is 0 Å². The highest BCUT2D eigenvalue weighted by Gasteiger charge is 2.18. The molecule has 1 fully saturated rings. The normalized spacial score (nSPS) is 17.1. The zero-order valence-electron chi connectivity index (χ0n) is 11.5. The van der Waals surface area contributed by atoms with Crippen molar-refractivity contribution in [3.05, 3.63) is 26.9 Å². The molecule has 7 heteroatoms. The summed E-state index contributed by atoms with van der Waals surface area (Å²) in [7, 11) is 2.14. The molecule has 1 aromatic heterocycles. The van der Waals surface area contributed by atoms with Crippen molar-refractivity contribution in [1.29, 1.82) is 0 Å². The van der Waals surface area contributed by atoms with E-state index in [2.05, 4.69) is 38.2 Å². The van der Waals surface area contributed by atoms with Crippen molar-refractivity contribution >= 4 is 27.4 Å². The van der Waals surface area contributed by atoms with Crippen LogP contribution in [-0.4, -0.2) is 41.5 Å². The van der Waals surface area contributed by atoms with Crippen LogP contribution in [0.15, 0.2) is 16.7 Å². The lowest BCUT2D eigenvalue weighted by atomic mass is 9.94. The average Bonchev–Trinajstić information content (AvgIpc) is 2.42. The van der Waals surface area contributed by atoms with Crippen molar-refractivity contribution in [2.45, 2.75) is 19.3 Å². The smallest absolute Gasteiger partial charge is 0.312 e. The monoisotopic (exact) mass is 342 g/mol. The molecule has 0 saturated carbocycles. The lowest BCUT2D eigenvalue weighted by Crippen LogP contribution is -2.30. The summed E-state index contributed by atoms with van der Waals surface area (Å²) >= 11 is 3.20. The number of pyridine rings is 1. The van der Waals surface area contributed by atoms with Crippen LogP contribution in [0.1, 0.15) is 19.3 Å². The molecule has 0 aliphatic carbocycles. The lowest BCUT2D eigenvalue weighted by molar-refractivity contribution is -0.384. The van der Waals surface area contributed by atoms with Crippen LogP contribution in [0.3, 0.4) is 0 Å². The molecule has 1 aromatic rings. The minimum absolute atomic E-state index is 0.0164. The number of piperidine rings is 1. The fraction of sp³-hybridized carbons (Fsp3) is 0.615. The minimum atomic E-state index is -0.407. The molecule has 110 valence electrons. The van der Waals surface area contributed by atoms with E-state index >= 15 is 0 Å². The summed E-state index contributed by atoms with van der Waals surface area (Å²) in [6.45, 7) is 3.01. The quantitative estimate of drug-likeness (QED) is 0.657. The summed E-state index contributed by atoms with van der Waals surface area (Å²) in [4.78, 5) is 17.0. The first-order valence-corrected chi connectivity index (χ1v) is 7.58. The van der Waals surface area contributed by atoms with Crippen LogP contribution in [0.2, 0.25) is 0 Å². The number of likely N-dealkylation sites (tertiary alicyclic amines) is 1. The maximum Gasteiger partial charge on any atom is 0.312 e. The van der Waals surface area contributed by atoms with Crippen LogP contribution >= 0.6 is 15.9 Å². The van der Waals surface area contributed by atoms with Gasteiger partial charge in [0.15, 0.2) is 0 Å². The Hall–Kier alpha value is -1.21. The van der Waals surface area contributed by atoms with Gasteiger partial charge in [-0.25, -0.2) is 4.98 Å². The third-order valence-corrected chi connectivity index (χ3v) is 4.15. The Kier molecular flexibility index (Phi) is 5.31. The van der Waals surface area contributed by atoms with Crippen molar-refractivity contribution in [2.24, 2.45) is 5.92 Å². The molecule has 1 saturated heterocycles. The van der Waals surface area contributed by atoms with Gasteiger partial charge in [-0.1, -0.05) is 0 Å². The molecule has 1 N–H and O–H groups in total. The largest absolute Gasteiger partial charge is 0.364 e. The van der Waals surface area contributed by atoms with Crippen LogP contribution in [0.5, 0.6) is 0 Å². The number of hydrogen-bond donors (Lipinski definition) is 1. The van der Waals surface area contributed by atoms with Gasteiger partial charge >= 0.3 is 5.69 Å². The van der Waals surface area contributed by atoms with E-state index in [1.165, 1.54) is 18.9 Å². The van der Waals surface area contributed by atoms with E-state index in [0.717, 1.165) is 26.1 Å². The second kappa shape index (κ2) is 6.99. The second-order valence-corrected chi connectivity index (χ2v) is 6.16. The van der Waals surface area contributed by atoms with Crippen molar-refractivity contribution in [3.63, 3.8) is 0 Å². The molecular weight excluding hydrogens is 324 g/mol. The fourth-order valence-electron chi connectivity index (χ4n) is 2.45. The summed E-state index contributed by atoms with van der Waals surface area (Å²) < 4.78 is 0.616. The Morgan fingerprint density at radius 1 is 1.55 bits per heavy atom. The average molecular weight is 343 g/mol.